The minimum Gasteiger partial charge on any atom is -0.481 e. The first kappa shape index (κ1) is 10.2. The topological polar surface area (TPSA) is 92.3 Å². The third-order valence-electron chi connectivity index (χ3n) is 1.67. The van der Waals surface area contributed by atoms with Gasteiger partial charge in [0.05, 0.1) is 12.7 Å². The summed E-state index contributed by atoms with van der Waals surface area (Å²) in [6.45, 7) is 1.55. The molecule has 0 aliphatic carbocycles. The molecule has 1 heterocycles. The van der Waals surface area contributed by atoms with E-state index in [1.165, 1.54) is 7.11 Å². The second-order valence-corrected chi connectivity index (χ2v) is 2.72. The highest BCUT2D eigenvalue weighted by molar-refractivity contribution is 5.69. The number of aromatic nitrogens is 2. The maximum atomic E-state index is 11.2. The Kier molecular flexibility index (Phi) is 2.85. The minimum absolute atomic E-state index is 0.0879. The molecule has 0 fully saturated rings. The van der Waals surface area contributed by atoms with E-state index in [9.17, 15) is 9.59 Å². The van der Waals surface area contributed by atoms with Crippen molar-refractivity contribution in [3.63, 3.8) is 0 Å². The van der Waals surface area contributed by atoms with Crippen LogP contribution in [0.2, 0.25) is 0 Å². The summed E-state index contributed by atoms with van der Waals surface area (Å²) in [7, 11) is 1.37. The van der Waals surface area contributed by atoms with E-state index in [2.05, 4.69) is 9.97 Å². The van der Waals surface area contributed by atoms with Crippen LogP contribution in [0.1, 0.15) is 11.4 Å². The number of aliphatic carboxylic acids is 1. The third-order valence-corrected chi connectivity index (χ3v) is 1.67. The molecule has 6 nitrogen and oxygen atoms in total. The zero-order valence-corrected chi connectivity index (χ0v) is 7.83. The highest BCUT2D eigenvalue weighted by Crippen LogP contribution is 2.08. The molecule has 0 saturated carbocycles. The summed E-state index contributed by atoms with van der Waals surface area (Å²) in [5, 5.41) is 8.49. The molecule has 0 atom stereocenters. The Hall–Kier alpha value is -1.85. The van der Waals surface area contributed by atoms with Crippen LogP contribution in [0, 0.1) is 6.92 Å². The van der Waals surface area contributed by atoms with Crippen molar-refractivity contribution >= 4 is 5.97 Å². The van der Waals surface area contributed by atoms with Crippen LogP contribution in [0.15, 0.2) is 4.79 Å². The number of hydrogen-bond donors (Lipinski definition) is 2. The van der Waals surface area contributed by atoms with Crippen molar-refractivity contribution in [1.29, 1.82) is 0 Å². The Labute approximate surface area is 79.6 Å². The van der Waals surface area contributed by atoms with Gasteiger partial charge in [-0.1, -0.05) is 0 Å². The molecule has 0 bridgehead atoms. The Bertz CT molecular complexity index is 410. The highest BCUT2D eigenvalue weighted by Gasteiger charge is 2.09. The second-order valence-electron chi connectivity index (χ2n) is 2.72. The number of nitrogens with zero attached hydrogens (tertiary/aromatic N) is 1. The molecule has 2 N–H and O–H groups in total. The van der Waals surface area contributed by atoms with Gasteiger partial charge in [-0.25, -0.2) is 0 Å². The lowest BCUT2D eigenvalue weighted by molar-refractivity contribution is -0.136. The Morgan fingerprint density at radius 3 is 2.79 bits per heavy atom. The van der Waals surface area contributed by atoms with Crippen LogP contribution in [0.5, 0.6) is 5.88 Å². The zero-order chi connectivity index (χ0) is 10.7. The fourth-order valence-corrected chi connectivity index (χ4v) is 0.982. The van der Waals surface area contributed by atoms with Gasteiger partial charge in [-0.3, -0.25) is 9.59 Å². The molecule has 6 heteroatoms. The van der Waals surface area contributed by atoms with Gasteiger partial charge in [-0.2, -0.15) is 4.98 Å². The molecule has 0 aliphatic rings. The molecule has 0 saturated heterocycles. The van der Waals surface area contributed by atoms with E-state index in [0.717, 1.165) is 0 Å². The standard InChI is InChI=1S/C8H10N2O4/c1-4-7(13)9-5(3-6(11)12)10-8(4)14-2/h3H2,1-2H3,(H,11,12)(H,9,10,13). The fraction of sp³-hybridized carbons (Fsp3) is 0.375. The summed E-state index contributed by atoms with van der Waals surface area (Å²) < 4.78 is 4.82. The molecule has 1 aromatic heterocycles. The van der Waals surface area contributed by atoms with Crippen molar-refractivity contribution < 1.29 is 14.6 Å². The van der Waals surface area contributed by atoms with E-state index < -0.39 is 5.97 Å². The fourth-order valence-electron chi connectivity index (χ4n) is 0.982. The average Bonchev–Trinajstić information content (AvgIpc) is 2.10. The summed E-state index contributed by atoms with van der Waals surface area (Å²) in [5.41, 5.74) is -0.0465. The Morgan fingerprint density at radius 2 is 2.29 bits per heavy atom. The predicted molar refractivity (Wildman–Crippen MR) is 47.5 cm³/mol. The van der Waals surface area contributed by atoms with Crippen LogP contribution in [-0.2, 0) is 11.2 Å². The number of ether oxygens (including phenoxy) is 1. The first-order valence-corrected chi connectivity index (χ1v) is 3.90. The molecule has 0 aromatic carbocycles. The molecule has 0 radical (unpaired) electrons. The first-order valence-electron chi connectivity index (χ1n) is 3.90. The van der Waals surface area contributed by atoms with Crippen molar-refractivity contribution in [2.45, 2.75) is 13.3 Å². The van der Waals surface area contributed by atoms with Gasteiger partial charge in [0.25, 0.3) is 5.56 Å². The quantitative estimate of drug-likeness (QED) is 0.696. The van der Waals surface area contributed by atoms with Crippen LogP contribution in [-0.4, -0.2) is 28.2 Å². The SMILES string of the molecule is COc1nc(CC(=O)O)[nH]c(=O)c1C. The van der Waals surface area contributed by atoms with Crippen LogP contribution in [0.25, 0.3) is 0 Å². The van der Waals surface area contributed by atoms with E-state index in [1.807, 2.05) is 0 Å². The van der Waals surface area contributed by atoms with E-state index in [-0.39, 0.29) is 23.7 Å². The van der Waals surface area contributed by atoms with Gasteiger partial charge in [0.15, 0.2) is 0 Å². The van der Waals surface area contributed by atoms with Gasteiger partial charge < -0.3 is 14.8 Å². The van der Waals surface area contributed by atoms with Gasteiger partial charge in [-0.15, -0.1) is 0 Å². The number of rotatable bonds is 3. The zero-order valence-electron chi connectivity index (χ0n) is 7.83. The summed E-state index contributed by atoms with van der Waals surface area (Å²) in [6.07, 6.45) is -0.328. The number of nitrogens with one attached hydrogen (secondary N) is 1. The molecule has 0 amide bonds. The minimum atomic E-state index is -1.06. The average molecular weight is 198 g/mol. The van der Waals surface area contributed by atoms with E-state index in [4.69, 9.17) is 9.84 Å². The van der Waals surface area contributed by atoms with Gasteiger partial charge in [0.2, 0.25) is 5.88 Å². The van der Waals surface area contributed by atoms with Gasteiger partial charge >= 0.3 is 5.97 Å². The van der Waals surface area contributed by atoms with Gasteiger partial charge in [-0.05, 0) is 6.92 Å². The maximum Gasteiger partial charge on any atom is 0.311 e. The van der Waals surface area contributed by atoms with Crippen LogP contribution in [0.4, 0.5) is 0 Å². The van der Waals surface area contributed by atoms with Crippen LogP contribution >= 0.6 is 0 Å². The number of carboxylic acids is 1. The normalized spacial score (nSPS) is 9.86. The summed E-state index contributed by atoms with van der Waals surface area (Å²) in [6, 6.07) is 0. The largest absolute Gasteiger partial charge is 0.481 e. The second kappa shape index (κ2) is 3.91. The Balaban J connectivity index is 3.16. The molecule has 0 aliphatic heterocycles. The molecular weight excluding hydrogens is 188 g/mol. The van der Waals surface area contributed by atoms with Crippen molar-refractivity contribution in [2.75, 3.05) is 7.11 Å². The number of methoxy groups -OCH3 is 1. The lowest BCUT2D eigenvalue weighted by Gasteiger charge is -2.03. The van der Waals surface area contributed by atoms with Crippen molar-refractivity contribution in [1.82, 2.24) is 9.97 Å². The predicted octanol–water partition coefficient (Wildman–Crippen LogP) is -0.286. The molecule has 14 heavy (non-hydrogen) atoms. The Morgan fingerprint density at radius 1 is 1.64 bits per heavy atom. The lowest BCUT2D eigenvalue weighted by atomic mass is 10.3. The molecule has 0 unspecified atom stereocenters. The van der Waals surface area contributed by atoms with E-state index in [0.29, 0.717) is 5.56 Å². The monoisotopic (exact) mass is 198 g/mol. The number of carbonyl (C=O) groups is 1. The summed E-state index contributed by atoms with van der Waals surface area (Å²) in [5.74, 6) is -0.811. The molecular formula is C8H10N2O4. The van der Waals surface area contributed by atoms with E-state index in [1.54, 1.807) is 6.92 Å². The maximum absolute atomic E-state index is 11.2. The molecule has 0 spiro atoms. The molecule has 1 aromatic rings. The van der Waals surface area contributed by atoms with Gasteiger partial charge in [0, 0.05) is 0 Å². The van der Waals surface area contributed by atoms with Crippen LogP contribution < -0.4 is 10.3 Å². The van der Waals surface area contributed by atoms with E-state index >= 15 is 0 Å². The van der Waals surface area contributed by atoms with Crippen LogP contribution in [0.3, 0.4) is 0 Å². The van der Waals surface area contributed by atoms with Crippen molar-refractivity contribution in [3.8, 4) is 5.88 Å². The van der Waals surface area contributed by atoms with Crippen molar-refractivity contribution in [2.24, 2.45) is 0 Å². The number of carboxylic acid groups (broad SMARTS) is 1. The smallest absolute Gasteiger partial charge is 0.311 e. The molecule has 76 valence electrons. The third kappa shape index (κ3) is 2.09. The molecule has 1 rings (SSSR count). The first-order chi connectivity index (χ1) is 6.54. The highest BCUT2D eigenvalue weighted by atomic mass is 16.5. The number of aromatic amines is 1. The lowest BCUT2D eigenvalue weighted by Crippen LogP contribution is -2.17. The number of hydrogen-bond acceptors (Lipinski definition) is 4. The van der Waals surface area contributed by atoms with Gasteiger partial charge in [0.1, 0.15) is 12.2 Å². The summed E-state index contributed by atoms with van der Waals surface area (Å²) in [4.78, 5) is 27.8. The number of H-pyrrole nitrogens is 1. The van der Waals surface area contributed by atoms with Crippen molar-refractivity contribution in [3.05, 3.63) is 21.7 Å². The summed E-state index contributed by atoms with van der Waals surface area (Å²) >= 11 is 0.